The smallest absolute Gasteiger partial charge is 0.315 e. The number of benzene rings is 1. The van der Waals surface area contributed by atoms with Gasteiger partial charge in [-0.3, -0.25) is 0 Å². The lowest BCUT2D eigenvalue weighted by molar-refractivity contribution is 0.230. The molecule has 0 aromatic heterocycles. The molecule has 0 bridgehead atoms. The van der Waals surface area contributed by atoms with E-state index in [9.17, 15) is 14.4 Å². The monoisotopic (exact) mass is 546 g/mol. The van der Waals surface area contributed by atoms with Gasteiger partial charge in [0.25, 0.3) is 0 Å². The summed E-state index contributed by atoms with van der Waals surface area (Å²) in [4.78, 5) is 38.0. The van der Waals surface area contributed by atoms with Crippen LogP contribution in [-0.4, -0.2) is 34.7 Å². The molecule has 0 fully saturated rings. The quantitative estimate of drug-likeness (QED) is 0.256. The molecule has 6 amide bonds. The third-order valence-electron chi connectivity index (χ3n) is 5.99. The Balaban J connectivity index is 3.59. The summed E-state index contributed by atoms with van der Waals surface area (Å²) >= 11 is 0. The maximum absolute atomic E-state index is 12.7. The van der Waals surface area contributed by atoms with Gasteiger partial charge in [0.1, 0.15) is 0 Å². The highest BCUT2D eigenvalue weighted by Gasteiger charge is 2.24. The highest BCUT2D eigenvalue weighted by Crippen LogP contribution is 2.31. The largest absolute Gasteiger partial charge is 0.334 e. The van der Waals surface area contributed by atoms with E-state index in [1.54, 1.807) is 0 Å². The summed E-state index contributed by atoms with van der Waals surface area (Å²) in [7, 11) is 0. The van der Waals surface area contributed by atoms with Gasteiger partial charge in [-0.15, -0.1) is 0 Å². The Morgan fingerprint density at radius 3 is 0.795 bits per heavy atom. The number of urea groups is 3. The molecule has 9 heteroatoms. The molecule has 222 valence electrons. The number of hydrogen-bond donors (Lipinski definition) is 6. The topological polar surface area (TPSA) is 123 Å². The molecule has 39 heavy (non-hydrogen) atoms. The zero-order valence-electron chi connectivity index (χ0n) is 26.5. The van der Waals surface area contributed by atoms with Crippen LogP contribution in [0.25, 0.3) is 0 Å². The van der Waals surface area contributed by atoms with Gasteiger partial charge in [0.2, 0.25) is 0 Å². The van der Waals surface area contributed by atoms with Crippen LogP contribution in [0.2, 0.25) is 0 Å². The summed E-state index contributed by atoms with van der Waals surface area (Å²) in [5.41, 5.74) is 5.43. The molecule has 1 aromatic carbocycles. The van der Waals surface area contributed by atoms with E-state index in [4.69, 9.17) is 0 Å². The molecular formula is C30H54N6O3. The summed E-state index contributed by atoms with van der Waals surface area (Å²) in [5.74, 6) is 0. The summed E-state index contributed by atoms with van der Waals surface area (Å²) < 4.78 is 0. The predicted octanol–water partition coefficient (Wildman–Crippen LogP) is 5.17. The van der Waals surface area contributed by atoms with Crippen LogP contribution >= 0.6 is 0 Å². The Kier molecular flexibility index (Phi) is 12.1. The average molecular weight is 547 g/mol. The first-order valence-electron chi connectivity index (χ1n) is 14.2. The fourth-order valence-corrected chi connectivity index (χ4v) is 4.67. The van der Waals surface area contributed by atoms with Crippen LogP contribution in [0.4, 0.5) is 14.4 Å². The standard InChI is InChI=1S/C30H54N6O3/c1-13-19-22(16-31-25(37)34-28(4,5)6)20(14-2)24(18-33-27(39)36-30(10,11)12)21(15-3)23(19)17-32-26(38)35-29(7,8)9/h13-18H2,1-12H3,(H2,31,34,37)(H2,32,35,38)(H2,33,36,39). The zero-order chi connectivity index (χ0) is 30.2. The molecule has 0 saturated heterocycles. The van der Waals surface area contributed by atoms with Crippen LogP contribution in [0.15, 0.2) is 0 Å². The number of hydrogen-bond acceptors (Lipinski definition) is 3. The van der Waals surface area contributed by atoms with E-state index in [0.29, 0.717) is 19.6 Å². The molecular weight excluding hydrogens is 492 g/mol. The average Bonchev–Trinajstić information content (AvgIpc) is 2.75. The molecule has 0 aliphatic rings. The third-order valence-corrected chi connectivity index (χ3v) is 5.99. The lowest BCUT2D eigenvalue weighted by atomic mass is 9.83. The second-order valence-corrected chi connectivity index (χ2v) is 13.1. The van der Waals surface area contributed by atoms with Gasteiger partial charge in [-0.2, -0.15) is 0 Å². The van der Waals surface area contributed by atoms with E-state index >= 15 is 0 Å². The molecule has 0 heterocycles. The molecule has 9 nitrogen and oxygen atoms in total. The highest BCUT2D eigenvalue weighted by atomic mass is 16.2. The van der Waals surface area contributed by atoms with Crippen molar-refractivity contribution in [1.29, 1.82) is 0 Å². The van der Waals surface area contributed by atoms with Crippen molar-refractivity contribution in [3.05, 3.63) is 33.4 Å². The second kappa shape index (κ2) is 13.9. The fraction of sp³-hybridized carbons (Fsp3) is 0.700. The number of carbonyl (C=O) groups is 3. The van der Waals surface area contributed by atoms with Crippen LogP contribution < -0.4 is 31.9 Å². The van der Waals surface area contributed by atoms with Crippen molar-refractivity contribution in [1.82, 2.24) is 31.9 Å². The summed E-state index contributed by atoms with van der Waals surface area (Å²) in [6, 6.07) is -0.709. The van der Waals surface area contributed by atoms with Gasteiger partial charge in [0, 0.05) is 36.3 Å². The predicted molar refractivity (Wildman–Crippen MR) is 160 cm³/mol. The Hall–Kier alpha value is -2.97. The first kappa shape index (κ1) is 34.1. The summed E-state index contributed by atoms with van der Waals surface area (Å²) in [6.07, 6.45) is 2.23. The molecule has 0 atom stereocenters. The van der Waals surface area contributed by atoms with Gasteiger partial charge in [0.05, 0.1) is 0 Å². The van der Waals surface area contributed by atoms with Crippen LogP contribution in [0.3, 0.4) is 0 Å². The van der Waals surface area contributed by atoms with E-state index in [0.717, 1.165) is 52.6 Å². The van der Waals surface area contributed by atoms with E-state index in [-0.39, 0.29) is 34.7 Å². The minimum atomic E-state index is -0.359. The van der Waals surface area contributed by atoms with Gasteiger partial charge in [-0.25, -0.2) is 14.4 Å². The Morgan fingerprint density at radius 1 is 0.436 bits per heavy atom. The number of nitrogens with one attached hydrogen (secondary N) is 6. The van der Waals surface area contributed by atoms with Gasteiger partial charge < -0.3 is 31.9 Å². The molecule has 0 spiro atoms. The van der Waals surface area contributed by atoms with E-state index in [1.807, 2.05) is 62.3 Å². The Morgan fingerprint density at radius 2 is 0.641 bits per heavy atom. The fourth-order valence-electron chi connectivity index (χ4n) is 4.67. The molecule has 0 aliphatic heterocycles. The van der Waals surface area contributed by atoms with Crippen LogP contribution in [0.1, 0.15) is 116 Å². The first-order chi connectivity index (χ1) is 17.8. The third kappa shape index (κ3) is 11.8. The number of carbonyl (C=O) groups excluding carboxylic acids is 3. The number of amides is 6. The zero-order valence-corrected chi connectivity index (χ0v) is 26.5. The number of rotatable bonds is 9. The normalized spacial score (nSPS) is 12.0. The van der Waals surface area contributed by atoms with E-state index < -0.39 is 0 Å². The summed E-state index contributed by atoms with van der Waals surface area (Å²) in [5, 5.41) is 18.0. The van der Waals surface area contributed by atoms with Crippen molar-refractivity contribution in [2.24, 2.45) is 0 Å². The molecule has 6 N–H and O–H groups in total. The minimum absolute atomic E-state index is 0.236. The van der Waals surface area contributed by atoms with Crippen molar-refractivity contribution in [3.63, 3.8) is 0 Å². The van der Waals surface area contributed by atoms with E-state index in [2.05, 4.69) is 52.7 Å². The minimum Gasteiger partial charge on any atom is -0.334 e. The Labute approximate surface area is 236 Å². The van der Waals surface area contributed by atoms with Gasteiger partial charge >= 0.3 is 18.1 Å². The van der Waals surface area contributed by atoms with Gasteiger partial charge in [-0.1, -0.05) is 20.8 Å². The lowest BCUT2D eigenvalue weighted by Crippen LogP contribution is -2.47. The SMILES string of the molecule is CCc1c(CNC(=O)NC(C)(C)C)c(CC)c(CNC(=O)NC(C)(C)C)c(CC)c1CNC(=O)NC(C)(C)C. The maximum atomic E-state index is 12.7. The van der Waals surface area contributed by atoms with Crippen molar-refractivity contribution >= 4 is 18.1 Å². The van der Waals surface area contributed by atoms with Gasteiger partial charge in [0.15, 0.2) is 0 Å². The molecule has 0 radical (unpaired) electrons. The lowest BCUT2D eigenvalue weighted by Gasteiger charge is -2.28. The molecule has 0 aliphatic carbocycles. The second-order valence-electron chi connectivity index (χ2n) is 13.1. The van der Waals surface area contributed by atoms with Crippen molar-refractivity contribution < 1.29 is 14.4 Å². The Bertz CT molecular complexity index is 864. The van der Waals surface area contributed by atoms with Gasteiger partial charge in [-0.05, 0) is 115 Å². The maximum Gasteiger partial charge on any atom is 0.315 e. The highest BCUT2D eigenvalue weighted by molar-refractivity contribution is 5.76. The molecule has 0 unspecified atom stereocenters. The first-order valence-corrected chi connectivity index (χ1v) is 14.2. The molecule has 1 rings (SSSR count). The van der Waals surface area contributed by atoms with Crippen LogP contribution in [0.5, 0.6) is 0 Å². The molecule has 0 saturated carbocycles. The molecule has 1 aromatic rings. The van der Waals surface area contributed by atoms with Crippen LogP contribution in [0, 0.1) is 0 Å². The van der Waals surface area contributed by atoms with Crippen molar-refractivity contribution in [2.45, 2.75) is 139 Å². The summed E-state index contributed by atoms with van der Waals surface area (Å²) in [6.45, 7) is 24.8. The van der Waals surface area contributed by atoms with Crippen molar-refractivity contribution in [2.75, 3.05) is 0 Å². The van der Waals surface area contributed by atoms with Crippen LogP contribution in [-0.2, 0) is 38.9 Å². The van der Waals surface area contributed by atoms with Crippen molar-refractivity contribution in [3.8, 4) is 0 Å². The van der Waals surface area contributed by atoms with E-state index in [1.165, 1.54) is 0 Å².